The maximum absolute atomic E-state index is 5.85. The summed E-state index contributed by atoms with van der Waals surface area (Å²) in [7, 11) is 1.96. The molecule has 1 atom stereocenters. The zero-order valence-corrected chi connectivity index (χ0v) is 17.4. The number of hydrogen-bond acceptors (Lipinski definition) is 7. The minimum absolute atomic E-state index is 0.137. The van der Waals surface area contributed by atoms with Gasteiger partial charge in [-0.3, -0.25) is 4.68 Å². The first-order chi connectivity index (χ1) is 13.4. The molecule has 4 rings (SSSR count). The topological polar surface area (TPSA) is 111 Å². The highest BCUT2D eigenvalue weighted by Crippen LogP contribution is 2.32. The summed E-state index contributed by atoms with van der Waals surface area (Å²) in [5.74, 6) is 1.33. The maximum atomic E-state index is 5.85. The number of nitrogens with two attached hydrogens (primary N) is 2. The van der Waals surface area contributed by atoms with E-state index in [1.54, 1.807) is 6.07 Å². The molecule has 0 aliphatic carbocycles. The van der Waals surface area contributed by atoms with E-state index in [0.717, 1.165) is 46.7 Å². The van der Waals surface area contributed by atoms with Crippen LogP contribution >= 0.6 is 15.9 Å². The van der Waals surface area contributed by atoms with Crippen LogP contribution in [0, 0.1) is 6.92 Å². The number of halogens is 1. The van der Waals surface area contributed by atoms with Crippen molar-refractivity contribution in [1.29, 1.82) is 0 Å². The summed E-state index contributed by atoms with van der Waals surface area (Å²) in [4.78, 5) is 10.5. The van der Waals surface area contributed by atoms with Crippen LogP contribution in [0.5, 0.6) is 0 Å². The van der Waals surface area contributed by atoms with Crippen LogP contribution in [0.25, 0.3) is 11.1 Å². The molecule has 0 bridgehead atoms. The van der Waals surface area contributed by atoms with E-state index in [-0.39, 0.29) is 12.0 Å². The molecule has 9 heteroatoms. The molecule has 3 heterocycles. The predicted octanol–water partition coefficient (Wildman–Crippen LogP) is 2.26. The zero-order chi connectivity index (χ0) is 19.8. The lowest BCUT2D eigenvalue weighted by atomic mass is 9.98. The van der Waals surface area contributed by atoms with Gasteiger partial charge < -0.3 is 21.7 Å². The third-order valence-electron chi connectivity index (χ3n) is 5.17. The fourth-order valence-corrected chi connectivity index (χ4v) is 4.08. The van der Waals surface area contributed by atoms with E-state index >= 15 is 0 Å². The minimum atomic E-state index is 0.137. The summed E-state index contributed by atoms with van der Waals surface area (Å²) in [6.07, 6.45) is 1.91. The number of nitrogen functional groups attached to an aromatic ring is 2. The van der Waals surface area contributed by atoms with Crippen LogP contribution in [0.1, 0.15) is 17.3 Å². The van der Waals surface area contributed by atoms with E-state index in [4.69, 9.17) is 11.5 Å². The Hall–Kier alpha value is -2.65. The van der Waals surface area contributed by atoms with E-state index in [2.05, 4.69) is 66.3 Å². The maximum Gasteiger partial charge on any atom is 0.223 e. The molecule has 28 heavy (non-hydrogen) atoms. The van der Waals surface area contributed by atoms with Crippen molar-refractivity contribution in [2.75, 3.05) is 36.0 Å². The van der Waals surface area contributed by atoms with Gasteiger partial charge in [-0.15, -0.1) is 0 Å². The number of nitrogens with one attached hydrogen (secondary N) is 1. The summed E-state index contributed by atoms with van der Waals surface area (Å²) in [5, 5.41) is 7.97. The summed E-state index contributed by atoms with van der Waals surface area (Å²) in [6, 6.07) is 8.33. The van der Waals surface area contributed by atoms with Crippen LogP contribution in [0.3, 0.4) is 0 Å². The van der Waals surface area contributed by atoms with Crippen molar-refractivity contribution in [3.8, 4) is 11.1 Å². The van der Waals surface area contributed by atoms with Gasteiger partial charge in [-0.25, -0.2) is 0 Å². The number of rotatable bonds is 3. The number of benzene rings is 1. The number of anilines is 3. The van der Waals surface area contributed by atoms with Crippen molar-refractivity contribution in [1.82, 2.24) is 25.1 Å². The van der Waals surface area contributed by atoms with E-state index in [0.29, 0.717) is 5.82 Å². The summed E-state index contributed by atoms with van der Waals surface area (Å²) in [6.45, 7) is 4.49. The van der Waals surface area contributed by atoms with Gasteiger partial charge in [-0.1, -0.05) is 22.0 Å². The Balaban J connectivity index is 1.65. The van der Waals surface area contributed by atoms with Crippen LogP contribution in [0.4, 0.5) is 17.6 Å². The number of aryl methyl sites for hydroxylation is 1. The molecule has 1 fully saturated rings. The molecule has 0 unspecified atom stereocenters. The SMILES string of the molecule is Cc1c(-c2ccc(Br)c([C@H]3CN(c4cc(N)nc(N)n4)CCN3)c2)cnn1C. The van der Waals surface area contributed by atoms with Gasteiger partial charge in [-0.2, -0.15) is 15.1 Å². The van der Waals surface area contributed by atoms with Gasteiger partial charge in [0.05, 0.1) is 12.2 Å². The molecule has 0 amide bonds. The Morgan fingerprint density at radius 1 is 1.21 bits per heavy atom. The van der Waals surface area contributed by atoms with Crippen molar-refractivity contribution in [2.45, 2.75) is 13.0 Å². The molecule has 0 spiro atoms. The van der Waals surface area contributed by atoms with E-state index < -0.39 is 0 Å². The van der Waals surface area contributed by atoms with Gasteiger partial charge >= 0.3 is 0 Å². The molecule has 146 valence electrons. The largest absolute Gasteiger partial charge is 0.383 e. The highest BCUT2D eigenvalue weighted by molar-refractivity contribution is 9.10. The second-order valence-corrected chi connectivity index (χ2v) is 7.82. The van der Waals surface area contributed by atoms with Gasteiger partial charge in [0.1, 0.15) is 11.6 Å². The molecule has 0 radical (unpaired) electrons. The molecular weight excluding hydrogens is 420 g/mol. The van der Waals surface area contributed by atoms with Crippen LogP contribution < -0.4 is 21.7 Å². The third kappa shape index (κ3) is 3.55. The zero-order valence-electron chi connectivity index (χ0n) is 15.9. The lowest BCUT2D eigenvalue weighted by Crippen LogP contribution is -2.46. The first-order valence-corrected chi connectivity index (χ1v) is 9.88. The monoisotopic (exact) mass is 442 g/mol. The van der Waals surface area contributed by atoms with E-state index in [1.807, 2.05) is 17.9 Å². The quantitative estimate of drug-likeness (QED) is 0.570. The van der Waals surface area contributed by atoms with Crippen molar-refractivity contribution < 1.29 is 0 Å². The summed E-state index contributed by atoms with van der Waals surface area (Å²) >= 11 is 3.72. The molecule has 1 aliphatic rings. The average Bonchev–Trinajstić information content (AvgIpc) is 3.00. The molecule has 1 aromatic carbocycles. The van der Waals surface area contributed by atoms with Gasteiger partial charge in [0, 0.05) is 48.5 Å². The Kier molecular flexibility index (Phi) is 4.94. The van der Waals surface area contributed by atoms with Crippen LogP contribution in [-0.2, 0) is 7.05 Å². The summed E-state index contributed by atoms with van der Waals surface area (Å²) < 4.78 is 2.96. The van der Waals surface area contributed by atoms with Gasteiger partial charge in [0.15, 0.2) is 0 Å². The van der Waals surface area contributed by atoms with Crippen molar-refractivity contribution >= 4 is 33.5 Å². The van der Waals surface area contributed by atoms with Crippen molar-refractivity contribution in [2.24, 2.45) is 7.05 Å². The predicted molar refractivity (Wildman–Crippen MR) is 115 cm³/mol. The van der Waals surface area contributed by atoms with E-state index in [1.165, 1.54) is 5.56 Å². The molecular formula is C19H23BrN8. The lowest BCUT2D eigenvalue weighted by Gasteiger charge is -2.35. The second-order valence-electron chi connectivity index (χ2n) is 6.97. The highest BCUT2D eigenvalue weighted by atomic mass is 79.9. The Morgan fingerprint density at radius 2 is 2.04 bits per heavy atom. The Morgan fingerprint density at radius 3 is 2.75 bits per heavy atom. The minimum Gasteiger partial charge on any atom is -0.383 e. The lowest BCUT2D eigenvalue weighted by molar-refractivity contribution is 0.468. The average molecular weight is 443 g/mol. The molecule has 3 aromatic rings. The van der Waals surface area contributed by atoms with Crippen LogP contribution in [0.2, 0.25) is 0 Å². The number of hydrogen-bond donors (Lipinski definition) is 3. The third-order valence-corrected chi connectivity index (χ3v) is 5.89. The second kappa shape index (κ2) is 7.40. The fourth-order valence-electron chi connectivity index (χ4n) is 3.56. The van der Waals surface area contributed by atoms with Gasteiger partial charge in [0.25, 0.3) is 0 Å². The van der Waals surface area contributed by atoms with Crippen LogP contribution in [-0.4, -0.2) is 39.4 Å². The molecule has 1 aliphatic heterocycles. The number of aromatic nitrogens is 4. The van der Waals surface area contributed by atoms with E-state index in [9.17, 15) is 0 Å². The smallest absolute Gasteiger partial charge is 0.223 e. The highest BCUT2D eigenvalue weighted by Gasteiger charge is 2.24. The first kappa shape index (κ1) is 18.7. The number of piperazine rings is 1. The molecule has 5 N–H and O–H groups in total. The first-order valence-electron chi connectivity index (χ1n) is 9.09. The summed E-state index contributed by atoms with van der Waals surface area (Å²) in [5.41, 5.74) is 16.2. The van der Waals surface area contributed by atoms with Crippen molar-refractivity contribution in [3.05, 3.63) is 46.2 Å². The van der Waals surface area contributed by atoms with Gasteiger partial charge in [0.2, 0.25) is 5.95 Å². The van der Waals surface area contributed by atoms with Crippen LogP contribution in [0.15, 0.2) is 34.9 Å². The molecule has 1 saturated heterocycles. The normalized spacial score (nSPS) is 17.1. The molecule has 2 aromatic heterocycles. The number of nitrogens with zero attached hydrogens (tertiary/aromatic N) is 5. The Labute approximate surface area is 172 Å². The molecule has 0 saturated carbocycles. The molecule has 8 nitrogen and oxygen atoms in total. The van der Waals surface area contributed by atoms with Gasteiger partial charge in [-0.05, 0) is 30.2 Å². The standard InChI is InChI=1S/C19H23BrN8/c1-11-14(9-24-27(11)2)12-3-4-15(20)13(7-12)16-10-28(6-5-23-16)18-8-17(21)25-19(22)26-18/h3-4,7-9,16,23H,5-6,10H2,1-2H3,(H4,21,22,25,26)/t16-/m1/s1. The Bertz CT molecular complexity index is 995. The fraction of sp³-hybridized carbons (Fsp3) is 0.316. The van der Waals surface area contributed by atoms with Crippen molar-refractivity contribution in [3.63, 3.8) is 0 Å².